The fraction of sp³-hybridized carbons (Fsp3) is 0.182. The monoisotopic (exact) mass is 330 g/mol. The number of nitrogens with two attached hydrogens (primary N) is 1. The Hall–Kier alpha value is -2.13. The summed E-state index contributed by atoms with van der Waals surface area (Å²) >= 11 is 5.85. The molecule has 0 radical (unpaired) electrons. The lowest BCUT2D eigenvalue weighted by atomic mass is 10.2. The number of aromatic nitrogens is 2. The zero-order chi connectivity index (χ0) is 15.2. The summed E-state index contributed by atoms with van der Waals surface area (Å²) in [5.41, 5.74) is 6.20. The highest BCUT2D eigenvalue weighted by Gasteiger charge is 2.25. The molecule has 0 unspecified atom stereocenters. The number of sulfonamides is 1. The molecule has 2 heterocycles. The van der Waals surface area contributed by atoms with E-state index in [1.165, 1.54) is 25.4 Å². The van der Waals surface area contributed by atoms with Crippen LogP contribution < -0.4 is 19.9 Å². The van der Waals surface area contributed by atoms with E-state index >= 15 is 0 Å². The Morgan fingerprint density at radius 1 is 1.38 bits per heavy atom. The van der Waals surface area contributed by atoms with Gasteiger partial charge in [-0.2, -0.15) is 13.5 Å². The average molecular weight is 331 g/mol. The molecule has 10 heteroatoms. The minimum atomic E-state index is -3.93. The van der Waals surface area contributed by atoms with Crippen molar-refractivity contribution in [2.75, 3.05) is 17.2 Å². The van der Waals surface area contributed by atoms with Crippen molar-refractivity contribution < 1.29 is 17.9 Å². The van der Waals surface area contributed by atoms with Crippen LogP contribution in [0.4, 0.5) is 11.4 Å². The minimum absolute atomic E-state index is 0.0179. The number of nitrogen functional groups attached to an aromatic ring is 1. The second kappa shape index (κ2) is 4.71. The maximum absolute atomic E-state index is 12.4. The molecule has 0 saturated heterocycles. The van der Waals surface area contributed by atoms with Crippen LogP contribution in [-0.4, -0.2) is 25.0 Å². The quantitative estimate of drug-likeness (QED) is 0.818. The summed E-state index contributed by atoms with van der Waals surface area (Å²) < 4.78 is 38.6. The molecule has 112 valence electrons. The summed E-state index contributed by atoms with van der Waals surface area (Å²) in [5.74, 6) is 0.881. The van der Waals surface area contributed by atoms with Gasteiger partial charge in [-0.3, -0.25) is 9.40 Å². The molecule has 3 N–H and O–H groups in total. The van der Waals surface area contributed by atoms with Crippen molar-refractivity contribution in [3.8, 4) is 11.5 Å². The van der Waals surface area contributed by atoms with E-state index in [0.29, 0.717) is 11.5 Å². The van der Waals surface area contributed by atoms with Crippen molar-refractivity contribution in [2.45, 2.75) is 5.03 Å². The predicted octanol–water partition coefficient (Wildman–Crippen LogP) is 1.19. The van der Waals surface area contributed by atoms with Gasteiger partial charge in [0.2, 0.25) is 6.79 Å². The normalized spacial score (nSPS) is 13.4. The number of nitrogens with zero attached hydrogens (tertiary/aromatic N) is 2. The molecule has 21 heavy (non-hydrogen) atoms. The molecule has 0 spiro atoms. The Morgan fingerprint density at radius 3 is 2.67 bits per heavy atom. The molecule has 8 nitrogen and oxygen atoms in total. The number of ether oxygens (including phenoxy) is 2. The number of rotatable bonds is 3. The summed E-state index contributed by atoms with van der Waals surface area (Å²) in [6.07, 6.45) is 1.25. The Bertz CT molecular complexity index is 798. The SMILES string of the molecule is Cn1ncc(Cl)c1S(=O)(=O)Nc1cc2c(cc1N)OCO2. The largest absolute Gasteiger partial charge is 0.454 e. The van der Waals surface area contributed by atoms with Crippen molar-refractivity contribution in [3.63, 3.8) is 0 Å². The van der Waals surface area contributed by atoms with Crippen LogP contribution in [0.1, 0.15) is 0 Å². The molecule has 0 amide bonds. The van der Waals surface area contributed by atoms with Gasteiger partial charge in [0.25, 0.3) is 10.0 Å². The Balaban J connectivity index is 2.01. The summed E-state index contributed by atoms with van der Waals surface area (Å²) in [6, 6.07) is 2.95. The van der Waals surface area contributed by atoms with Crippen LogP contribution in [0.15, 0.2) is 23.4 Å². The zero-order valence-corrected chi connectivity index (χ0v) is 12.4. The summed E-state index contributed by atoms with van der Waals surface area (Å²) in [5, 5.41) is 3.66. The zero-order valence-electron chi connectivity index (χ0n) is 10.8. The summed E-state index contributed by atoms with van der Waals surface area (Å²) in [7, 11) is -2.45. The molecular weight excluding hydrogens is 320 g/mol. The van der Waals surface area contributed by atoms with E-state index in [0.717, 1.165) is 4.68 Å². The smallest absolute Gasteiger partial charge is 0.280 e. The fourth-order valence-corrected chi connectivity index (χ4v) is 3.68. The third-order valence-electron chi connectivity index (χ3n) is 2.89. The van der Waals surface area contributed by atoms with Gasteiger partial charge in [0.05, 0.1) is 22.6 Å². The molecule has 0 aliphatic carbocycles. The number of hydrogen-bond donors (Lipinski definition) is 2. The van der Waals surface area contributed by atoms with Gasteiger partial charge in [-0.1, -0.05) is 11.6 Å². The van der Waals surface area contributed by atoms with Crippen LogP contribution in [0, 0.1) is 0 Å². The maximum atomic E-state index is 12.4. The number of nitrogens with one attached hydrogen (secondary N) is 1. The topological polar surface area (TPSA) is 108 Å². The highest BCUT2D eigenvalue weighted by Crippen LogP contribution is 2.39. The van der Waals surface area contributed by atoms with E-state index < -0.39 is 10.0 Å². The Morgan fingerprint density at radius 2 is 2.05 bits per heavy atom. The predicted molar refractivity (Wildman–Crippen MR) is 76.0 cm³/mol. The molecule has 1 aromatic carbocycles. The molecule has 1 aromatic heterocycles. The highest BCUT2D eigenvalue weighted by atomic mass is 35.5. The molecule has 3 rings (SSSR count). The molecule has 0 atom stereocenters. The fourth-order valence-electron chi connectivity index (χ4n) is 1.94. The third kappa shape index (κ3) is 2.34. The van der Waals surface area contributed by atoms with Crippen molar-refractivity contribution in [2.24, 2.45) is 7.05 Å². The number of aryl methyl sites for hydroxylation is 1. The van der Waals surface area contributed by atoms with Gasteiger partial charge < -0.3 is 15.2 Å². The van der Waals surface area contributed by atoms with Gasteiger partial charge in [0.1, 0.15) is 0 Å². The molecule has 1 aliphatic rings. The molecule has 1 aliphatic heterocycles. The standard InChI is InChI=1S/C11H11ClN4O4S/c1-16-11(6(12)4-14-16)21(17,18)15-8-3-10-9(2-7(8)13)19-5-20-10/h2-4,15H,5,13H2,1H3. The summed E-state index contributed by atoms with van der Waals surface area (Å²) in [6.45, 7) is 0.0680. The average Bonchev–Trinajstić information content (AvgIpc) is 2.96. The van der Waals surface area contributed by atoms with E-state index in [2.05, 4.69) is 9.82 Å². The van der Waals surface area contributed by atoms with E-state index in [4.69, 9.17) is 26.8 Å². The van der Waals surface area contributed by atoms with E-state index in [1.807, 2.05) is 0 Å². The Kier molecular flexibility index (Phi) is 3.10. The molecule has 0 bridgehead atoms. The lowest BCUT2D eigenvalue weighted by Crippen LogP contribution is -2.18. The first-order valence-electron chi connectivity index (χ1n) is 5.78. The van der Waals surface area contributed by atoms with Crippen LogP contribution >= 0.6 is 11.6 Å². The second-order valence-electron chi connectivity index (χ2n) is 4.32. The number of halogens is 1. The van der Waals surface area contributed by atoms with E-state index in [-0.39, 0.29) is 28.2 Å². The van der Waals surface area contributed by atoms with Gasteiger partial charge in [0, 0.05) is 19.2 Å². The van der Waals surface area contributed by atoms with Crippen molar-refractivity contribution in [1.29, 1.82) is 0 Å². The molecular formula is C11H11ClN4O4S. The summed E-state index contributed by atoms with van der Waals surface area (Å²) in [4.78, 5) is 0. The molecule has 0 saturated carbocycles. The van der Waals surface area contributed by atoms with Crippen molar-refractivity contribution in [1.82, 2.24) is 9.78 Å². The first kappa shape index (κ1) is 13.8. The maximum Gasteiger partial charge on any atom is 0.280 e. The Labute approximate surface area is 125 Å². The lowest BCUT2D eigenvalue weighted by molar-refractivity contribution is 0.174. The van der Waals surface area contributed by atoms with Crippen molar-refractivity contribution in [3.05, 3.63) is 23.4 Å². The van der Waals surface area contributed by atoms with Gasteiger partial charge >= 0.3 is 0 Å². The molecule has 0 fully saturated rings. The van der Waals surface area contributed by atoms with Gasteiger partial charge in [0.15, 0.2) is 16.5 Å². The van der Waals surface area contributed by atoms with Crippen LogP contribution in [-0.2, 0) is 17.1 Å². The van der Waals surface area contributed by atoms with Gasteiger partial charge in [-0.15, -0.1) is 0 Å². The van der Waals surface area contributed by atoms with Crippen LogP contribution in [0.3, 0.4) is 0 Å². The van der Waals surface area contributed by atoms with Crippen molar-refractivity contribution >= 4 is 33.0 Å². The minimum Gasteiger partial charge on any atom is -0.454 e. The lowest BCUT2D eigenvalue weighted by Gasteiger charge is -2.11. The number of hydrogen-bond acceptors (Lipinski definition) is 6. The second-order valence-corrected chi connectivity index (χ2v) is 6.32. The first-order chi connectivity index (χ1) is 9.88. The molecule has 2 aromatic rings. The van der Waals surface area contributed by atoms with Gasteiger partial charge in [-0.25, -0.2) is 0 Å². The van der Waals surface area contributed by atoms with Crippen LogP contribution in [0.5, 0.6) is 11.5 Å². The van der Waals surface area contributed by atoms with E-state index in [1.54, 1.807) is 0 Å². The highest BCUT2D eigenvalue weighted by molar-refractivity contribution is 7.92. The third-order valence-corrected chi connectivity index (χ3v) is 4.76. The first-order valence-corrected chi connectivity index (χ1v) is 7.64. The van der Waals surface area contributed by atoms with Gasteiger partial charge in [-0.05, 0) is 0 Å². The van der Waals surface area contributed by atoms with E-state index in [9.17, 15) is 8.42 Å². The van der Waals surface area contributed by atoms with Crippen LogP contribution in [0.2, 0.25) is 5.02 Å². The number of anilines is 2. The number of fused-ring (bicyclic) bond motifs is 1. The number of benzene rings is 1. The van der Waals surface area contributed by atoms with Crippen LogP contribution in [0.25, 0.3) is 0 Å².